The smallest absolute Gasteiger partial charge is 0.307 e. The van der Waals surface area contributed by atoms with Gasteiger partial charge in [0.05, 0.1) is 6.42 Å². The number of pyridine rings is 1. The number of aliphatic carboxylic acids is 1. The van der Waals surface area contributed by atoms with Gasteiger partial charge in [-0.25, -0.2) is 9.37 Å². The van der Waals surface area contributed by atoms with Crippen LogP contribution in [0, 0.1) is 5.82 Å². The number of aromatic nitrogens is 1. The molecule has 3 rings (SSSR count). The summed E-state index contributed by atoms with van der Waals surface area (Å²) in [5.74, 6) is -0.577. The van der Waals surface area contributed by atoms with Gasteiger partial charge >= 0.3 is 5.97 Å². The number of hydrogen-bond acceptors (Lipinski definition) is 4. The molecule has 122 valence electrons. The Hall–Kier alpha value is -2.60. The first-order chi connectivity index (χ1) is 11.5. The van der Waals surface area contributed by atoms with Crippen molar-refractivity contribution in [1.29, 1.82) is 0 Å². The number of nitrogens with zero attached hydrogens (tertiary/aromatic N) is 1. The van der Waals surface area contributed by atoms with E-state index in [1.807, 2.05) is 12.3 Å². The molecule has 1 aromatic heterocycles. The van der Waals surface area contributed by atoms with Crippen LogP contribution < -0.4 is 4.74 Å². The van der Waals surface area contributed by atoms with E-state index in [2.05, 4.69) is 4.98 Å². The normalized spacial score (nSPS) is 10.8. The molecule has 6 heteroatoms. The highest BCUT2D eigenvalue weighted by Crippen LogP contribution is 2.32. The van der Waals surface area contributed by atoms with Gasteiger partial charge in [0.25, 0.3) is 0 Å². The second kappa shape index (κ2) is 6.88. The highest BCUT2D eigenvalue weighted by Gasteiger charge is 2.11. The van der Waals surface area contributed by atoms with Crippen LogP contribution in [0.5, 0.6) is 11.6 Å². The van der Waals surface area contributed by atoms with Crippen LogP contribution in [0.1, 0.15) is 5.56 Å². The molecule has 2 aromatic carbocycles. The summed E-state index contributed by atoms with van der Waals surface area (Å²) in [5.41, 5.74) is 0.581. The third-order valence-corrected chi connectivity index (χ3v) is 4.17. The van der Waals surface area contributed by atoms with Crippen molar-refractivity contribution >= 4 is 28.5 Å². The van der Waals surface area contributed by atoms with Gasteiger partial charge in [0.15, 0.2) is 0 Å². The summed E-state index contributed by atoms with van der Waals surface area (Å²) >= 11 is 1.56. The second-order valence-electron chi connectivity index (χ2n) is 5.17. The Kier molecular flexibility index (Phi) is 4.66. The van der Waals surface area contributed by atoms with Gasteiger partial charge in [-0.3, -0.25) is 4.79 Å². The van der Waals surface area contributed by atoms with Crippen LogP contribution in [0.25, 0.3) is 10.8 Å². The molecule has 0 bridgehead atoms. The monoisotopic (exact) mass is 343 g/mol. The van der Waals surface area contributed by atoms with Crippen LogP contribution in [-0.4, -0.2) is 22.3 Å². The first-order valence-electron chi connectivity index (χ1n) is 7.17. The van der Waals surface area contributed by atoms with Crippen molar-refractivity contribution in [3.05, 3.63) is 60.0 Å². The minimum absolute atomic E-state index is 0.136. The summed E-state index contributed by atoms with van der Waals surface area (Å²) < 4.78 is 19.4. The number of carboxylic acids is 1. The van der Waals surface area contributed by atoms with Gasteiger partial charge in [0.2, 0.25) is 5.88 Å². The molecule has 0 unspecified atom stereocenters. The van der Waals surface area contributed by atoms with Crippen molar-refractivity contribution in [3.63, 3.8) is 0 Å². The number of thioether (sulfide) groups is 1. The number of rotatable bonds is 5. The Balaban J connectivity index is 2.05. The third-order valence-electron chi connectivity index (χ3n) is 3.45. The Labute approximate surface area is 142 Å². The second-order valence-corrected chi connectivity index (χ2v) is 6.05. The molecule has 0 atom stereocenters. The van der Waals surface area contributed by atoms with Crippen LogP contribution in [0.4, 0.5) is 4.39 Å². The summed E-state index contributed by atoms with van der Waals surface area (Å²) in [7, 11) is 0. The standard InChI is InChI=1S/C18H14FNO3S/c1-24-14-4-5-17(20-10-14)23-16-7-11(8-18(21)22)6-12-2-3-13(19)9-15(12)16/h2-7,9-10H,8H2,1H3,(H,21,22). The summed E-state index contributed by atoms with van der Waals surface area (Å²) in [4.78, 5) is 16.2. The molecule has 0 aliphatic heterocycles. The minimum atomic E-state index is -0.940. The van der Waals surface area contributed by atoms with E-state index in [1.54, 1.807) is 42.2 Å². The van der Waals surface area contributed by atoms with E-state index in [9.17, 15) is 9.18 Å². The molecular weight excluding hydrogens is 329 g/mol. The van der Waals surface area contributed by atoms with Crippen molar-refractivity contribution in [2.45, 2.75) is 11.3 Å². The molecule has 3 aromatic rings. The lowest BCUT2D eigenvalue weighted by molar-refractivity contribution is -0.136. The average molecular weight is 343 g/mol. The first kappa shape index (κ1) is 16.3. The fourth-order valence-electron chi connectivity index (χ4n) is 2.38. The zero-order chi connectivity index (χ0) is 17.1. The van der Waals surface area contributed by atoms with Crippen LogP contribution in [0.3, 0.4) is 0 Å². The largest absolute Gasteiger partial charge is 0.481 e. The highest BCUT2D eigenvalue weighted by atomic mass is 32.2. The van der Waals surface area contributed by atoms with Gasteiger partial charge in [0.1, 0.15) is 11.6 Å². The zero-order valence-corrected chi connectivity index (χ0v) is 13.6. The fraction of sp³-hybridized carbons (Fsp3) is 0.111. The van der Waals surface area contributed by atoms with Gasteiger partial charge in [-0.2, -0.15) is 0 Å². The molecule has 0 saturated heterocycles. The van der Waals surface area contributed by atoms with E-state index >= 15 is 0 Å². The van der Waals surface area contributed by atoms with Crippen LogP contribution >= 0.6 is 11.8 Å². The Morgan fingerprint density at radius 1 is 1.25 bits per heavy atom. The number of carboxylic acid groups (broad SMARTS) is 1. The number of hydrogen-bond donors (Lipinski definition) is 1. The third kappa shape index (κ3) is 3.65. The van der Waals surface area contributed by atoms with E-state index in [0.29, 0.717) is 28.0 Å². The Bertz CT molecular complexity index is 897. The molecule has 0 aliphatic carbocycles. The van der Waals surface area contributed by atoms with E-state index in [-0.39, 0.29) is 12.2 Å². The maximum absolute atomic E-state index is 13.6. The van der Waals surface area contributed by atoms with E-state index in [0.717, 1.165) is 4.90 Å². The summed E-state index contributed by atoms with van der Waals surface area (Å²) in [6.07, 6.45) is 3.50. The first-order valence-corrected chi connectivity index (χ1v) is 8.39. The molecule has 0 saturated carbocycles. The molecule has 24 heavy (non-hydrogen) atoms. The van der Waals surface area contributed by atoms with Crippen LogP contribution in [0.2, 0.25) is 0 Å². The van der Waals surface area contributed by atoms with Crippen molar-refractivity contribution in [2.24, 2.45) is 0 Å². The zero-order valence-electron chi connectivity index (χ0n) is 12.8. The number of carbonyl (C=O) groups is 1. The molecule has 0 fully saturated rings. The summed E-state index contributed by atoms with van der Waals surface area (Å²) in [6, 6.07) is 11.2. The van der Waals surface area contributed by atoms with Gasteiger partial charge in [0, 0.05) is 22.5 Å². The number of fused-ring (bicyclic) bond motifs is 1. The van der Waals surface area contributed by atoms with Crippen molar-refractivity contribution in [2.75, 3.05) is 6.26 Å². The molecule has 0 spiro atoms. The topological polar surface area (TPSA) is 59.4 Å². The molecule has 1 N–H and O–H groups in total. The van der Waals surface area contributed by atoms with Crippen LogP contribution in [-0.2, 0) is 11.2 Å². The maximum Gasteiger partial charge on any atom is 0.307 e. The molecule has 0 amide bonds. The summed E-state index contributed by atoms with van der Waals surface area (Å²) in [5, 5.41) is 10.3. The van der Waals surface area contributed by atoms with Crippen molar-refractivity contribution in [1.82, 2.24) is 4.98 Å². The molecule has 4 nitrogen and oxygen atoms in total. The fourth-order valence-corrected chi connectivity index (χ4v) is 2.74. The lowest BCUT2D eigenvalue weighted by Crippen LogP contribution is -2.00. The molecular formula is C18H14FNO3S. The highest BCUT2D eigenvalue weighted by molar-refractivity contribution is 7.98. The summed E-state index contributed by atoms with van der Waals surface area (Å²) in [6.45, 7) is 0. The van der Waals surface area contributed by atoms with Gasteiger partial charge < -0.3 is 9.84 Å². The van der Waals surface area contributed by atoms with Gasteiger partial charge in [-0.15, -0.1) is 11.8 Å². The van der Waals surface area contributed by atoms with Gasteiger partial charge in [-0.1, -0.05) is 12.1 Å². The van der Waals surface area contributed by atoms with Crippen molar-refractivity contribution < 1.29 is 19.0 Å². The Morgan fingerprint density at radius 3 is 2.75 bits per heavy atom. The predicted octanol–water partition coefficient (Wildman–Crippen LogP) is 4.52. The lowest BCUT2D eigenvalue weighted by Gasteiger charge is -2.11. The number of halogens is 1. The van der Waals surface area contributed by atoms with Crippen molar-refractivity contribution in [3.8, 4) is 11.6 Å². The van der Waals surface area contributed by atoms with E-state index in [1.165, 1.54) is 12.1 Å². The maximum atomic E-state index is 13.6. The minimum Gasteiger partial charge on any atom is -0.481 e. The number of benzene rings is 2. The number of ether oxygens (including phenoxy) is 1. The van der Waals surface area contributed by atoms with Crippen LogP contribution in [0.15, 0.2) is 53.6 Å². The van der Waals surface area contributed by atoms with Gasteiger partial charge in [-0.05, 0) is 41.5 Å². The predicted molar refractivity (Wildman–Crippen MR) is 91.3 cm³/mol. The Morgan fingerprint density at radius 2 is 2.08 bits per heavy atom. The lowest BCUT2D eigenvalue weighted by atomic mass is 10.0. The van der Waals surface area contributed by atoms with E-state index in [4.69, 9.17) is 9.84 Å². The quantitative estimate of drug-likeness (QED) is 0.691. The average Bonchev–Trinajstić information content (AvgIpc) is 2.55. The van der Waals surface area contributed by atoms with E-state index < -0.39 is 5.97 Å². The molecule has 1 heterocycles. The molecule has 0 aliphatic rings. The molecule has 0 radical (unpaired) electrons. The SMILES string of the molecule is CSc1ccc(Oc2cc(CC(=O)O)cc3ccc(F)cc23)nc1.